The molecule has 3 aromatic rings. The molecule has 1 unspecified atom stereocenters. The Labute approximate surface area is 200 Å². The number of aromatic hydroxyl groups is 1. The van der Waals surface area contributed by atoms with Crippen molar-refractivity contribution in [3.63, 3.8) is 0 Å². The number of benzene rings is 3. The predicted octanol–water partition coefficient (Wildman–Crippen LogP) is 5.39. The van der Waals surface area contributed by atoms with Crippen LogP contribution in [0.25, 0.3) is 0 Å². The Balaban J connectivity index is 1.65. The van der Waals surface area contributed by atoms with E-state index in [2.05, 4.69) is 5.32 Å². The van der Waals surface area contributed by atoms with Crippen molar-refractivity contribution in [1.82, 2.24) is 10.2 Å². The Morgan fingerprint density at radius 3 is 2.62 bits per heavy atom. The molecule has 3 aromatic carbocycles. The van der Waals surface area contributed by atoms with E-state index < -0.39 is 23.3 Å². The maximum absolute atomic E-state index is 14.5. The molecule has 1 aliphatic heterocycles. The molecular formula is C25H22ClF2N3O3. The summed E-state index contributed by atoms with van der Waals surface area (Å²) in [6.45, 7) is 1.60. The Morgan fingerprint density at radius 2 is 1.88 bits per heavy atom. The van der Waals surface area contributed by atoms with Crippen LogP contribution in [0, 0.1) is 11.6 Å². The van der Waals surface area contributed by atoms with Gasteiger partial charge in [-0.2, -0.15) is 0 Å². The van der Waals surface area contributed by atoms with E-state index in [0.29, 0.717) is 5.69 Å². The first kappa shape index (κ1) is 23.5. The summed E-state index contributed by atoms with van der Waals surface area (Å²) in [7, 11) is 1.65. The molecule has 0 fully saturated rings. The molecule has 2 N–H and O–H groups in total. The molecule has 176 valence electrons. The second kappa shape index (κ2) is 9.30. The normalized spacial score (nSPS) is 15.3. The lowest BCUT2D eigenvalue weighted by Crippen LogP contribution is -2.46. The molecule has 1 heterocycles. The van der Waals surface area contributed by atoms with E-state index in [1.807, 2.05) is 6.92 Å². The van der Waals surface area contributed by atoms with Crippen molar-refractivity contribution in [2.75, 3.05) is 11.9 Å². The van der Waals surface area contributed by atoms with Gasteiger partial charge in [-0.15, -0.1) is 0 Å². The van der Waals surface area contributed by atoms with Crippen LogP contribution in [0.2, 0.25) is 5.02 Å². The van der Waals surface area contributed by atoms with Crippen LogP contribution in [0.4, 0.5) is 19.3 Å². The van der Waals surface area contributed by atoms with E-state index in [4.69, 9.17) is 11.6 Å². The molecule has 1 aliphatic rings. The largest absolute Gasteiger partial charge is 0.505 e. The first-order chi connectivity index (χ1) is 16.2. The van der Waals surface area contributed by atoms with Gasteiger partial charge in [0.2, 0.25) is 0 Å². The maximum Gasteiger partial charge on any atom is 0.325 e. The maximum atomic E-state index is 14.5. The molecule has 0 aromatic heterocycles. The van der Waals surface area contributed by atoms with Crippen molar-refractivity contribution in [3.05, 3.63) is 93.5 Å². The summed E-state index contributed by atoms with van der Waals surface area (Å²) in [4.78, 5) is 28.8. The number of hydrogen-bond acceptors (Lipinski definition) is 3. The fraction of sp³-hybridized carbons (Fsp3) is 0.200. The van der Waals surface area contributed by atoms with Gasteiger partial charge in [-0.3, -0.25) is 9.69 Å². The first-order valence-corrected chi connectivity index (χ1v) is 10.9. The Hall–Kier alpha value is -3.65. The number of amides is 3. The number of halogens is 3. The van der Waals surface area contributed by atoms with Crippen LogP contribution in [-0.4, -0.2) is 29.0 Å². The number of hydrogen-bond donors (Lipinski definition) is 2. The lowest BCUT2D eigenvalue weighted by atomic mass is 9.98. The van der Waals surface area contributed by atoms with Crippen LogP contribution in [0.3, 0.4) is 0 Å². The number of phenols is 1. The van der Waals surface area contributed by atoms with Gasteiger partial charge in [0.25, 0.3) is 5.91 Å². The predicted molar refractivity (Wildman–Crippen MR) is 125 cm³/mol. The van der Waals surface area contributed by atoms with Crippen molar-refractivity contribution >= 4 is 29.2 Å². The zero-order chi connectivity index (χ0) is 24.6. The molecule has 1 atom stereocenters. The highest BCUT2D eigenvalue weighted by atomic mass is 35.5. The van der Waals surface area contributed by atoms with E-state index in [1.165, 1.54) is 40.1 Å². The van der Waals surface area contributed by atoms with Crippen LogP contribution in [0.1, 0.15) is 40.0 Å². The molecule has 0 bridgehead atoms. The minimum Gasteiger partial charge on any atom is -0.505 e. The molecule has 0 spiro atoms. The third kappa shape index (κ3) is 4.28. The Bertz CT molecular complexity index is 1260. The molecule has 3 amide bonds. The van der Waals surface area contributed by atoms with Crippen molar-refractivity contribution in [3.8, 4) is 5.75 Å². The summed E-state index contributed by atoms with van der Waals surface area (Å²) in [6.07, 6.45) is 0. The topological polar surface area (TPSA) is 72.9 Å². The van der Waals surface area contributed by atoms with Crippen molar-refractivity contribution in [2.24, 2.45) is 0 Å². The minimum atomic E-state index is -0.802. The average molecular weight is 486 g/mol. The van der Waals surface area contributed by atoms with Crippen molar-refractivity contribution in [2.45, 2.75) is 26.1 Å². The second-order valence-electron chi connectivity index (χ2n) is 8.06. The highest BCUT2D eigenvalue weighted by Crippen LogP contribution is 2.38. The van der Waals surface area contributed by atoms with Crippen LogP contribution in [0.5, 0.6) is 5.75 Å². The number of anilines is 1. The summed E-state index contributed by atoms with van der Waals surface area (Å²) in [6, 6.07) is 12.7. The molecule has 4 rings (SSSR count). The van der Waals surface area contributed by atoms with Crippen molar-refractivity contribution in [1.29, 1.82) is 0 Å². The Kier molecular flexibility index (Phi) is 6.43. The fourth-order valence-corrected chi connectivity index (χ4v) is 4.14. The van der Waals surface area contributed by atoms with Gasteiger partial charge in [0.05, 0.1) is 18.3 Å². The summed E-state index contributed by atoms with van der Waals surface area (Å²) in [5.41, 5.74) is 1.79. The number of rotatable bonds is 5. The lowest BCUT2D eigenvalue weighted by Gasteiger charge is -2.39. The average Bonchev–Trinajstić information content (AvgIpc) is 2.82. The fourth-order valence-electron chi connectivity index (χ4n) is 3.91. The number of nitrogens with zero attached hydrogens (tertiary/aromatic N) is 2. The third-order valence-electron chi connectivity index (χ3n) is 6.02. The Morgan fingerprint density at radius 1 is 1.15 bits per heavy atom. The monoisotopic (exact) mass is 485 g/mol. The van der Waals surface area contributed by atoms with Crippen LogP contribution >= 0.6 is 11.6 Å². The molecule has 0 saturated carbocycles. The lowest BCUT2D eigenvalue weighted by molar-refractivity contribution is 0.0950. The van der Waals surface area contributed by atoms with Gasteiger partial charge in [-0.05, 0) is 42.8 Å². The van der Waals surface area contributed by atoms with Gasteiger partial charge >= 0.3 is 6.03 Å². The molecule has 0 saturated heterocycles. The number of carbonyl (C=O) groups excluding carboxylic acids is 2. The summed E-state index contributed by atoms with van der Waals surface area (Å²) >= 11 is 6.19. The highest BCUT2D eigenvalue weighted by molar-refractivity contribution is 6.31. The standard InChI is InChI=1S/C25H22ClF2N3O3/c1-14-17-10-9-15(24(33)29-12-16-5-3-8-22(32)23(16)28)11-21(17)31(25(34)30(14)2)13-18-19(26)6-4-7-20(18)27/h3-11,14,32H,12-13H2,1-2H3,(H,29,33). The molecule has 6 nitrogen and oxygen atoms in total. The smallest absolute Gasteiger partial charge is 0.325 e. The number of carbonyl (C=O) groups is 2. The van der Waals surface area contributed by atoms with E-state index >= 15 is 0 Å². The van der Waals surface area contributed by atoms with Gasteiger partial charge in [0.15, 0.2) is 11.6 Å². The van der Waals surface area contributed by atoms with E-state index in [9.17, 15) is 23.5 Å². The van der Waals surface area contributed by atoms with Crippen molar-refractivity contribution < 1.29 is 23.5 Å². The SMILES string of the molecule is CC1c2ccc(C(=O)NCc3cccc(O)c3F)cc2N(Cc2c(F)cccc2Cl)C(=O)N1C. The number of nitrogens with one attached hydrogen (secondary N) is 1. The quantitative estimate of drug-likeness (QED) is 0.509. The summed E-state index contributed by atoms with van der Waals surface area (Å²) in [5.74, 6) is -2.33. The molecular weight excluding hydrogens is 464 g/mol. The minimum absolute atomic E-state index is 0.117. The number of fused-ring (bicyclic) bond motifs is 1. The number of phenolic OH excluding ortho intramolecular Hbond substituents is 1. The first-order valence-electron chi connectivity index (χ1n) is 10.5. The van der Waals surface area contributed by atoms with E-state index in [1.54, 1.807) is 31.3 Å². The molecule has 0 radical (unpaired) electrons. The molecule has 9 heteroatoms. The van der Waals surface area contributed by atoms with Gasteiger partial charge < -0.3 is 15.3 Å². The third-order valence-corrected chi connectivity index (χ3v) is 6.38. The number of urea groups is 1. The van der Waals surface area contributed by atoms with Gasteiger partial charge in [0.1, 0.15) is 5.82 Å². The van der Waals surface area contributed by atoms with E-state index in [0.717, 1.165) is 5.56 Å². The summed E-state index contributed by atoms with van der Waals surface area (Å²) in [5, 5.41) is 12.3. The zero-order valence-electron chi connectivity index (χ0n) is 18.5. The van der Waals surface area contributed by atoms with Gasteiger partial charge in [-0.1, -0.05) is 35.9 Å². The second-order valence-corrected chi connectivity index (χ2v) is 8.47. The van der Waals surface area contributed by atoms with Crippen LogP contribution < -0.4 is 10.2 Å². The van der Waals surface area contributed by atoms with Crippen LogP contribution in [-0.2, 0) is 13.1 Å². The van der Waals surface area contributed by atoms with Gasteiger partial charge in [0, 0.05) is 35.3 Å². The highest BCUT2D eigenvalue weighted by Gasteiger charge is 2.34. The zero-order valence-corrected chi connectivity index (χ0v) is 19.2. The summed E-state index contributed by atoms with van der Waals surface area (Å²) < 4.78 is 28.5. The van der Waals surface area contributed by atoms with Gasteiger partial charge in [-0.25, -0.2) is 13.6 Å². The van der Waals surface area contributed by atoms with Crippen LogP contribution in [0.15, 0.2) is 54.6 Å². The molecule has 0 aliphatic carbocycles. The molecule has 34 heavy (non-hydrogen) atoms. The van der Waals surface area contributed by atoms with E-state index in [-0.39, 0.29) is 46.9 Å².